The zero-order valence-corrected chi connectivity index (χ0v) is 15.1. The maximum atomic E-state index is 6.13. The number of rotatable bonds is 7. The minimum Gasteiger partial charge on any atom is -0.497 e. The molecule has 2 aromatic carbocycles. The Hall–Kier alpha value is -3.08. The fourth-order valence-electron chi connectivity index (χ4n) is 2.77. The summed E-state index contributed by atoms with van der Waals surface area (Å²) < 4.78 is 5.18. The van der Waals surface area contributed by atoms with Crippen molar-refractivity contribution >= 4 is 11.8 Å². The quantitative estimate of drug-likeness (QED) is 0.674. The van der Waals surface area contributed by atoms with Gasteiger partial charge in [-0.05, 0) is 43.0 Å². The summed E-state index contributed by atoms with van der Waals surface area (Å²) in [6.07, 6.45) is 3.49. The van der Waals surface area contributed by atoms with E-state index in [2.05, 4.69) is 46.5 Å². The van der Waals surface area contributed by atoms with E-state index in [9.17, 15) is 0 Å². The Labute approximate surface area is 154 Å². The number of ether oxygens (including phenoxy) is 1. The van der Waals surface area contributed by atoms with Crippen molar-refractivity contribution in [1.82, 2.24) is 9.97 Å². The molecule has 0 saturated carbocycles. The summed E-state index contributed by atoms with van der Waals surface area (Å²) >= 11 is 0. The normalized spacial score (nSPS) is 11.8. The molecule has 134 valence electrons. The third-order valence-electron chi connectivity index (χ3n) is 4.39. The fraction of sp³-hybridized carbons (Fsp3) is 0.238. The molecule has 1 aromatic heterocycles. The van der Waals surface area contributed by atoms with Crippen molar-refractivity contribution in [3.63, 3.8) is 0 Å². The summed E-state index contributed by atoms with van der Waals surface area (Å²) in [5.41, 5.74) is 9.50. The first-order valence-corrected chi connectivity index (χ1v) is 8.71. The summed E-state index contributed by atoms with van der Waals surface area (Å²) in [4.78, 5) is 8.84. The predicted octanol–water partition coefficient (Wildman–Crippen LogP) is 4.03. The molecule has 1 heterocycles. The van der Waals surface area contributed by atoms with Crippen LogP contribution in [0, 0.1) is 0 Å². The average molecular weight is 348 g/mol. The number of benzene rings is 2. The van der Waals surface area contributed by atoms with Crippen LogP contribution in [0.25, 0.3) is 0 Å². The minimum atomic E-state index is 0.112. The van der Waals surface area contributed by atoms with Gasteiger partial charge in [-0.2, -0.15) is 4.98 Å². The number of aryl methyl sites for hydroxylation is 2. The van der Waals surface area contributed by atoms with Gasteiger partial charge in [0.2, 0.25) is 5.95 Å². The molecule has 5 nitrogen and oxygen atoms in total. The van der Waals surface area contributed by atoms with Crippen LogP contribution in [0.3, 0.4) is 0 Å². The molecular weight excluding hydrogens is 324 g/mol. The van der Waals surface area contributed by atoms with Crippen LogP contribution < -0.4 is 15.8 Å². The van der Waals surface area contributed by atoms with Gasteiger partial charge in [0.15, 0.2) is 0 Å². The lowest BCUT2D eigenvalue weighted by atomic mass is 10.1. The van der Waals surface area contributed by atoms with Crippen molar-refractivity contribution in [3.8, 4) is 5.75 Å². The number of methoxy groups -OCH3 is 1. The predicted molar refractivity (Wildman–Crippen MR) is 105 cm³/mol. The average Bonchev–Trinajstić information content (AvgIpc) is 2.68. The lowest BCUT2D eigenvalue weighted by molar-refractivity contribution is 0.414. The Morgan fingerprint density at radius 3 is 2.42 bits per heavy atom. The van der Waals surface area contributed by atoms with Crippen molar-refractivity contribution in [2.45, 2.75) is 25.8 Å². The highest BCUT2D eigenvalue weighted by Crippen LogP contribution is 2.19. The first-order valence-electron chi connectivity index (χ1n) is 8.71. The van der Waals surface area contributed by atoms with Gasteiger partial charge >= 0.3 is 0 Å². The first-order chi connectivity index (χ1) is 12.7. The second-order valence-corrected chi connectivity index (χ2v) is 6.23. The molecule has 26 heavy (non-hydrogen) atoms. The number of nitrogens with two attached hydrogens (primary N) is 1. The van der Waals surface area contributed by atoms with Crippen molar-refractivity contribution in [1.29, 1.82) is 0 Å². The van der Waals surface area contributed by atoms with Crippen LogP contribution in [0.5, 0.6) is 5.75 Å². The van der Waals surface area contributed by atoms with E-state index in [1.165, 1.54) is 11.1 Å². The first kappa shape index (κ1) is 17.7. The maximum Gasteiger partial charge on any atom is 0.225 e. The van der Waals surface area contributed by atoms with Crippen LogP contribution in [-0.2, 0) is 12.8 Å². The SMILES string of the molecule is COc1ccc(CCc2cnc(NC(C)c3ccccc3)nc2N)cc1. The van der Waals surface area contributed by atoms with E-state index < -0.39 is 0 Å². The van der Waals surface area contributed by atoms with Gasteiger partial charge in [-0.3, -0.25) is 0 Å². The Morgan fingerprint density at radius 2 is 1.77 bits per heavy atom. The summed E-state index contributed by atoms with van der Waals surface area (Å²) in [6.45, 7) is 2.08. The molecule has 0 spiro atoms. The molecule has 0 amide bonds. The number of hydrogen-bond acceptors (Lipinski definition) is 5. The van der Waals surface area contributed by atoms with Gasteiger partial charge in [0.05, 0.1) is 13.2 Å². The summed E-state index contributed by atoms with van der Waals surface area (Å²) in [5.74, 6) is 1.93. The van der Waals surface area contributed by atoms with Crippen LogP contribution in [0.2, 0.25) is 0 Å². The van der Waals surface area contributed by atoms with Gasteiger partial charge in [-0.1, -0.05) is 42.5 Å². The number of nitrogen functional groups attached to an aromatic ring is 1. The molecule has 1 unspecified atom stereocenters. The summed E-state index contributed by atoms with van der Waals surface area (Å²) in [7, 11) is 1.67. The van der Waals surface area contributed by atoms with Crippen LogP contribution in [0.1, 0.15) is 29.7 Å². The highest BCUT2D eigenvalue weighted by molar-refractivity contribution is 5.44. The standard InChI is InChI=1S/C21H24N4O/c1-15(17-6-4-3-5-7-17)24-21-23-14-18(20(22)25-21)11-8-16-9-12-19(26-2)13-10-16/h3-7,9-10,12-15H,8,11H2,1-2H3,(H3,22,23,24,25). The summed E-state index contributed by atoms with van der Waals surface area (Å²) in [5, 5.41) is 3.30. The Bertz CT molecular complexity index is 834. The van der Waals surface area contributed by atoms with E-state index >= 15 is 0 Å². The molecule has 1 atom stereocenters. The van der Waals surface area contributed by atoms with Crippen molar-refractivity contribution < 1.29 is 4.74 Å². The third kappa shape index (κ3) is 4.51. The molecule has 0 radical (unpaired) electrons. The van der Waals surface area contributed by atoms with E-state index in [0.717, 1.165) is 24.2 Å². The Kier molecular flexibility index (Phi) is 5.69. The highest BCUT2D eigenvalue weighted by Gasteiger charge is 2.09. The Morgan fingerprint density at radius 1 is 1.04 bits per heavy atom. The monoisotopic (exact) mass is 348 g/mol. The number of nitrogens with one attached hydrogen (secondary N) is 1. The fourth-order valence-corrected chi connectivity index (χ4v) is 2.77. The van der Waals surface area contributed by atoms with E-state index in [1.54, 1.807) is 7.11 Å². The molecule has 3 N–H and O–H groups in total. The number of hydrogen-bond donors (Lipinski definition) is 2. The van der Waals surface area contributed by atoms with Crippen LogP contribution in [0.15, 0.2) is 60.8 Å². The molecule has 0 aliphatic carbocycles. The molecule has 0 bridgehead atoms. The van der Waals surface area contributed by atoms with Crippen LogP contribution >= 0.6 is 0 Å². The van der Waals surface area contributed by atoms with Crippen LogP contribution in [-0.4, -0.2) is 17.1 Å². The van der Waals surface area contributed by atoms with E-state index in [0.29, 0.717) is 11.8 Å². The number of aromatic nitrogens is 2. The van der Waals surface area contributed by atoms with Gasteiger partial charge < -0.3 is 15.8 Å². The van der Waals surface area contributed by atoms with Gasteiger partial charge in [0.1, 0.15) is 11.6 Å². The van der Waals surface area contributed by atoms with Crippen molar-refractivity contribution in [2.75, 3.05) is 18.2 Å². The van der Waals surface area contributed by atoms with Crippen LogP contribution in [0.4, 0.5) is 11.8 Å². The molecule has 0 aliphatic rings. The second-order valence-electron chi connectivity index (χ2n) is 6.23. The summed E-state index contributed by atoms with van der Waals surface area (Å²) in [6, 6.07) is 18.4. The molecule has 5 heteroatoms. The van der Waals surface area contributed by atoms with E-state index in [4.69, 9.17) is 10.5 Å². The maximum absolute atomic E-state index is 6.13. The third-order valence-corrected chi connectivity index (χ3v) is 4.39. The smallest absolute Gasteiger partial charge is 0.225 e. The van der Waals surface area contributed by atoms with Gasteiger partial charge in [-0.15, -0.1) is 0 Å². The zero-order valence-electron chi connectivity index (χ0n) is 15.1. The lowest BCUT2D eigenvalue weighted by Crippen LogP contribution is -2.11. The van der Waals surface area contributed by atoms with Gasteiger partial charge in [-0.25, -0.2) is 4.98 Å². The number of nitrogens with zero attached hydrogens (tertiary/aromatic N) is 2. The minimum absolute atomic E-state index is 0.112. The number of anilines is 2. The van der Waals surface area contributed by atoms with E-state index in [1.807, 2.05) is 36.5 Å². The van der Waals surface area contributed by atoms with Crippen molar-refractivity contribution in [3.05, 3.63) is 77.5 Å². The van der Waals surface area contributed by atoms with E-state index in [-0.39, 0.29) is 6.04 Å². The van der Waals surface area contributed by atoms with Gasteiger partial charge in [0, 0.05) is 11.8 Å². The molecule has 0 aliphatic heterocycles. The van der Waals surface area contributed by atoms with Gasteiger partial charge in [0.25, 0.3) is 0 Å². The highest BCUT2D eigenvalue weighted by atomic mass is 16.5. The molecule has 0 fully saturated rings. The lowest BCUT2D eigenvalue weighted by Gasteiger charge is -2.15. The molecule has 3 aromatic rings. The topological polar surface area (TPSA) is 73.1 Å². The molecule has 3 rings (SSSR count). The van der Waals surface area contributed by atoms with Crippen molar-refractivity contribution in [2.24, 2.45) is 0 Å². The second kappa shape index (κ2) is 8.34. The Balaban J connectivity index is 1.61. The zero-order chi connectivity index (χ0) is 18.4. The largest absolute Gasteiger partial charge is 0.497 e. The molecule has 0 saturated heterocycles. The molecular formula is C21H24N4O.